The van der Waals surface area contributed by atoms with Gasteiger partial charge in [-0.1, -0.05) is 133 Å². The van der Waals surface area contributed by atoms with E-state index in [4.69, 9.17) is 9.72 Å². The van der Waals surface area contributed by atoms with E-state index in [0.717, 1.165) is 140 Å². The molecule has 6 atom stereocenters. The molecular weight excluding hydrogens is 1620 g/mol. The summed E-state index contributed by atoms with van der Waals surface area (Å²) in [5.74, 6) is 2.65. The Hall–Kier alpha value is -9.51. The molecule has 10 aliphatic rings. The highest BCUT2D eigenvalue weighted by Gasteiger charge is 2.48. The number of carbonyl (C=O) groups excluding carboxylic acids is 9. The molecule has 6 aromatic rings. The van der Waals surface area contributed by atoms with Gasteiger partial charge in [0.05, 0.1) is 29.0 Å². The van der Waals surface area contributed by atoms with Crippen LogP contribution in [0.3, 0.4) is 0 Å². The molecule has 0 spiro atoms. The van der Waals surface area contributed by atoms with Crippen LogP contribution in [0.1, 0.15) is 182 Å². The molecule has 3 N–H and O–H groups in total. The van der Waals surface area contributed by atoms with Crippen molar-refractivity contribution in [2.24, 2.45) is 17.8 Å². The smallest absolute Gasteiger partial charge is 0.322 e. The van der Waals surface area contributed by atoms with Crippen molar-refractivity contribution >= 4 is 117 Å². The summed E-state index contributed by atoms with van der Waals surface area (Å²) < 4.78 is 5.57. The summed E-state index contributed by atoms with van der Waals surface area (Å²) in [7, 11) is 4.03. The maximum absolute atomic E-state index is 13.9. The summed E-state index contributed by atoms with van der Waals surface area (Å²) in [5, 5.41) is 7.66. The van der Waals surface area contributed by atoms with Gasteiger partial charge in [0.1, 0.15) is 21.9 Å². The van der Waals surface area contributed by atoms with E-state index in [1.807, 2.05) is 131 Å². The highest BCUT2D eigenvalue weighted by Crippen LogP contribution is 2.50. The number of nitrogens with one attached hydrogen (secondary N) is 3. The van der Waals surface area contributed by atoms with E-state index < -0.39 is 5.25 Å². The zero-order valence-electron chi connectivity index (χ0n) is 74.0. The first-order chi connectivity index (χ1) is 59.8. The number of para-hydroxylation sites is 3. The number of benzene rings is 5. The van der Waals surface area contributed by atoms with Crippen LogP contribution < -0.4 is 25.8 Å². The van der Waals surface area contributed by atoms with Crippen molar-refractivity contribution in [1.29, 1.82) is 0 Å². The molecule has 668 valence electrons. The van der Waals surface area contributed by atoms with E-state index in [-0.39, 0.29) is 120 Å². The van der Waals surface area contributed by atoms with Gasteiger partial charge in [0, 0.05) is 180 Å². The molecule has 7 saturated heterocycles. The minimum absolute atomic E-state index is 0. The second kappa shape index (κ2) is 41.7. The Morgan fingerprint density at radius 2 is 0.839 bits per heavy atom. The third kappa shape index (κ3) is 21.8. The van der Waals surface area contributed by atoms with Crippen LogP contribution in [-0.2, 0) is 52.9 Å². The highest BCUT2D eigenvalue weighted by atomic mass is 32.2. The maximum atomic E-state index is 13.9. The maximum Gasteiger partial charge on any atom is 0.322 e. The van der Waals surface area contributed by atoms with Crippen LogP contribution in [0.5, 0.6) is 0 Å². The lowest BCUT2D eigenvalue weighted by molar-refractivity contribution is -0.137. The molecule has 28 heteroatoms. The number of aromatic nitrogens is 1. The third-order valence-corrected chi connectivity index (χ3v) is 30.5. The Balaban J connectivity index is 0.000000171. The average molecular weight is 1750 g/mol. The summed E-state index contributed by atoms with van der Waals surface area (Å²) in [6.45, 7) is 27.8. The van der Waals surface area contributed by atoms with Gasteiger partial charge in [0.15, 0.2) is 0 Å². The van der Waals surface area contributed by atoms with Crippen LogP contribution >= 0.6 is 35.3 Å². The van der Waals surface area contributed by atoms with Crippen molar-refractivity contribution < 1.29 is 50.7 Å². The van der Waals surface area contributed by atoms with Crippen LogP contribution in [0.2, 0.25) is 0 Å². The number of hydrogen-bond donors (Lipinski definition) is 3. The average Bonchev–Trinajstić information content (AvgIpc) is 1.63. The summed E-state index contributed by atoms with van der Waals surface area (Å²) in [6.07, 6.45) is 11.3. The molecule has 124 heavy (non-hydrogen) atoms. The normalized spacial score (nSPS) is 22.3. The number of ether oxygens (including phenoxy) is 1. The van der Waals surface area contributed by atoms with Crippen molar-refractivity contribution in [3.63, 3.8) is 0 Å². The predicted octanol–water partition coefficient (Wildman–Crippen LogP) is 15.8. The van der Waals surface area contributed by atoms with Gasteiger partial charge < -0.3 is 74.6 Å². The molecule has 5 aromatic carbocycles. The van der Waals surface area contributed by atoms with E-state index in [1.165, 1.54) is 16.7 Å². The molecule has 7 fully saturated rings. The van der Waals surface area contributed by atoms with Crippen molar-refractivity contribution in [3.05, 3.63) is 178 Å². The summed E-state index contributed by atoms with van der Waals surface area (Å²) in [5.41, 5.74) is 12.9. The Morgan fingerprint density at radius 3 is 1.28 bits per heavy atom. The summed E-state index contributed by atoms with van der Waals surface area (Å²) >= 11 is 4.84. The lowest BCUT2D eigenvalue weighted by Gasteiger charge is -2.40. The monoisotopic (exact) mass is 1750 g/mol. The number of hydrogen-bond acceptors (Lipinski definition) is 16. The molecule has 1 aromatic heterocycles. The van der Waals surface area contributed by atoms with Crippen LogP contribution in [-0.4, -0.2) is 249 Å². The summed E-state index contributed by atoms with van der Waals surface area (Å²) in [6, 6.07) is 42.6. The number of piperidine rings is 3. The largest absolute Gasteiger partial charge is 0.378 e. The molecule has 11 heterocycles. The number of urea groups is 3. The Bertz CT molecular complexity index is 4750. The fourth-order valence-corrected chi connectivity index (χ4v) is 23.3. The number of aryl methyl sites for hydroxylation is 2. The van der Waals surface area contributed by atoms with Crippen LogP contribution in [0.4, 0.5) is 43.0 Å². The molecule has 16 rings (SSSR count). The number of nitrogens with zero attached hydrogens (tertiary/aromatic N) is 12. The number of morpholine rings is 1. The molecule has 6 unspecified atom stereocenters. The van der Waals surface area contributed by atoms with Crippen LogP contribution in [0.15, 0.2) is 134 Å². The van der Waals surface area contributed by atoms with Gasteiger partial charge in [-0.25, -0.2) is 19.4 Å². The molecule has 0 aliphatic carbocycles. The number of thioether (sulfide) groups is 3. The standard InChI is InChI=1S/C33H44N6O4S.C32H42N4O3S.C31H41N5O3S.2H2/c1-23(2)9-16-39-31(41)28(44-32(39)26-7-5-13-34-30(26)37-18-20-43-21-19-37)22-29(40)36-14-11-25(12-15-36)38-17-10-24-6-3-4-8-27(24)35-33(38)42;1-21(2)12-18-36-30(38)27(40-31(36)29-22(3)8-7-9-23(29)4)20-28(37)34-16-14-25(15-17-34)35-19-13-24-10-5-6-11-26(24)33-32(35)39;1-21(2)13-18-35-29(38)27(40-30(35)22-9-11-24(12-10-22)33(3)4)19-28(37)34-16-14-25(15-17-34)36-20-23-7-5-6-8-26(23)32-31(36)39;;/h3-8,13,23,25,28,32H,9-12,14-22H2,1-2H3,(H,35,42);5-11,21,25,27,31H,12-20H2,1-4H3,(H,33,39);5-12,21,25,27,30H,13-20H2,1-4H3,(H,32,39);2*1H. The SMILES string of the molecule is CC(C)CCN1C(=O)C(CC(=O)N2CCC(N3CCc4ccccc4NC3=O)CC2)SC1c1cccnc1N1CCOCC1.CC(C)CCN1C(=O)C(CC(=O)N2CCC(N3Cc4ccccc4NC3=O)CC2)SC1c1ccc(N(C)C)cc1.Cc1cccc(C)c1C1SC(CC(=O)N2CCC(N3CCc4ccccc4NC3=O)CC2)C(=O)N1CCC(C)C.[HH].[HH]. The van der Waals surface area contributed by atoms with Crippen LogP contribution in [0, 0.1) is 31.6 Å². The first kappa shape index (κ1) is 90.7. The molecule has 0 saturated carbocycles. The van der Waals surface area contributed by atoms with Crippen molar-refractivity contribution in [1.82, 2.24) is 49.1 Å². The van der Waals surface area contributed by atoms with Gasteiger partial charge >= 0.3 is 18.1 Å². The Labute approximate surface area is 748 Å². The number of amides is 12. The molecule has 25 nitrogen and oxygen atoms in total. The minimum atomic E-state index is -0.426. The lowest BCUT2D eigenvalue weighted by Crippen LogP contribution is -2.51. The van der Waals surface area contributed by atoms with Gasteiger partial charge in [-0.05, 0) is 178 Å². The van der Waals surface area contributed by atoms with Gasteiger partial charge in [-0.2, -0.15) is 0 Å². The first-order valence-corrected chi connectivity index (χ1v) is 47.9. The van der Waals surface area contributed by atoms with E-state index in [2.05, 4.69) is 142 Å². The van der Waals surface area contributed by atoms with E-state index in [9.17, 15) is 43.2 Å². The highest BCUT2D eigenvalue weighted by molar-refractivity contribution is 8.01. The molecule has 10 aliphatic heterocycles. The molecule has 0 bridgehead atoms. The second-order valence-corrected chi connectivity index (χ2v) is 40.0. The van der Waals surface area contributed by atoms with Crippen LogP contribution in [0.25, 0.3) is 0 Å². The second-order valence-electron chi connectivity index (χ2n) is 36.1. The van der Waals surface area contributed by atoms with Crippen molar-refractivity contribution in [3.8, 4) is 0 Å². The van der Waals surface area contributed by atoms with E-state index in [1.54, 1.807) is 35.3 Å². The van der Waals surface area contributed by atoms with E-state index in [0.29, 0.717) is 110 Å². The van der Waals surface area contributed by atoms with Gasteiger partial charge in [0.2, 0.25) is 35.4 Å². The Kier molecular flexibility index (Phi) is 30.5. The molecular formula is C96H131N15O10S3. The number of anilines is 5. The quantitative estimate of drug-likeness (QED) is 0.0539. The topological polar surface area (TPSA) is 247 Å². The Morgan fingerprint density at radius 1 is 0.452 bits per heavy atom. The summed E-state index contributed by atoms with van der Waals surface area (Å²) in [4.78, 5) is 147. The van der Waals surface area contributed by atoms with Gasteiger partial charge in [0.25, 0.3) is 0 Å². The predicted molar refractivity (Wildman–Crippen MR) is 499 cm³/mol. The zero-order chi connectivity index (χ0) is 87.4. The molecule has 12 amide bonds. The number of pyridine rings is 1. The van der Waals surface area contributed by atoms with Crippen molar-refractivity contribution in [2.75, 3.05) is 138 Å². The lowest BCUT2D eigenvalue weighted by atomic mass is 10.0. The number of likely N-dealkylation sites (tertiary alicyclic amines) is 3. The first-order valence-electron chi connectivity index (χ1n) is 45.1. The number of carbonyl (C=O) groups is 9. The molecule has 0 radical (unpaired) electrons. The third-order valence-electron chi connectivity index (χ3n) is 26.1. The fraction of sp³-hybridized carbons (Fsp3) is 0.542. The number of fused-ring (bicyclic) bond motifs is 3. The fourth-order valence-electron chi connectivity index (χ4n) is 18.7. The minimum Gasteiger partial charge on any atom is -0.378 e. The number of rotatable bonds is 23. The van der Waals surface area contributed by atoms with Crippen molar-refractivity contribution in [2.45, 2.75) is 202 Å². The van der Waals surface area contributed by atoms with Gasteiger partial charge in [-0.3, -0.25) is 28.8 Å². The van der Waals surface area contributed by atoms with Gasteiger partial charge in [-0.15, -0.1) is 35.3 Å². The zero-order valence-corrected chi connectivity index (χ0v) is 76.5. The van der Waals surface area contributed by atoms with E-state index >= 15 is 0 Å².